The third kappa shape index (κ3) is 3.46. The molecular formula is C17H23FN4O2S. The van der Waals surface area contributed by atoms with E-state index in [0.29, 0.717) is 31.5 Å². The summed E-state index contributed by atoms with van der Waals surface area (Å²) in [6.45, 7) is 6.54. The Balaban J connectivity index is 1.75. The first-order valence-corrected chi connectivity index (χ1v) is 9.90. The zero-order valence-corrected chi connectivity index (χ0v) is 15.5. The number of halogens is 1. The number of aryl methyl sites for hydroxylation is 1. The maximum absolute atomic E-state index is 13.7. The van der Waals surface area contributed by atoms with E-state index in [1.54, 1.807) is 13.3 Å². The van der Waals surface area contributed by atoms with Gasteiger partial charge < -0.3 is 4.57 Å². The monoisotopic (exact) mass is 366 g/mol. The van der Waals surface area contributed by atoms with Crippen molar-refractivity contribution in [2.45, 2.75) is 50.5 Å². The van der Waals surface area contributed by atoms with Crippen LogP contribution >= 0.6 is 0 Å². The maximum atomic E-state index is 13.7. The molecule has 0 spiro atoms. The molecule has 2 aromatic rings. The van der Waals surface area contributed by atoms with E-state index < -0.39 is 15.8 Å². The highest BCUT2D eigenvalue weighted by Gasteiger charge is 2.31. The van der Waals surface area contributed by atoms with Crippen molar-refractivity contribution in [3.8, 4) is 0 Å². The predicted octanol–water partition coefficient (Wildman–Crippen LogP) is 2.87. The van der Waals surface area contributed by atoms with Crippen molar-refractivity contribution in [3.05, 3.63) is 41.7 Å². The number of aromatic nitrogens is 3. The van der Waals surface area contributed by atoms with Crippen molar-refractivity contribution in [2.75, 3.05) is 13.1 Å². The van der Waals surface area contributed by atoms with Gasteiger partial charge in [0.1, 0.15) is 18.0 Å². The second-order valence-corrected chi connectivity index (χ2v) is 8.74. The van der Waals surface area contributed by atoms with E-state index >= 15 is 0 Å². The van der Waals surface area contributed by atoms with E-state index in [2.05, 4.69) is 28.6 Å². The molecule has 0 N–H and O–H groups in total. The van der Waals surface area contributed by atoms with E-state index in [0.717, 1.165) is 11.9 Å². The fraction of sp³-hybridized carbons (Fsp3) is 0.529. The average molecular weight is 366 g/mol. The molecule has 0 amide bonds. The van der Waals surface area contributed by atoms with Crippen LogP contribution in [0.2, 0.25) is 0 Å². The van der Waals surface area contributed by atoms with Gasteiger partial charge in [-0.2, -0.15) is 4.31 Å². The minimum Gasteiger partial charge on any atom is -0.314 e. The molecule has 0 atom stereocenters. The number of piperidine rings is 1. The molecule has 0 aliphatic carbocycles. The minimum atomic E-state index is -3.67. The molecule has 8 heteroatoms. The van der Waals surface area contributed by atoms with Crippen LogP contribution in [0.15, 0.2) is 29.4 Å². The van der Waals surface area contributed by atoms with E-state index in [4.69, 9.17) is 0 Å². The van der Waals surface area contributed by atoms with Gasteiger partial charge in [0.2, 0.25) is 10.0 Å². The molecule has 25 heavy (non-hydrogen) atoms. The van der Waals surface area contributed by atoms with Crippen LogP contribution in [0.25, 0.3) is 0 Å². The van der Waals surface area contributed by atoms with Crippen LogP contribution in [0.3, 0.4) is 0 Å². The summed E-state index contributed by atoms with van der Waals surface area (Å²) in [7, 11) is -3.67. The third-order valence-electron chi connectivity index (χ3n) is 4.72. The normalized spacial score (nSPS) is 17.3. The Morgan fingerprint density at radius 2 is 1.92 bits per heavy atom. The number of benzene rings is 1. The molecule has 0 saturated carbocycles. The van der Waals surface area contributed by atoms with Crippen molar-refractivity contribution in [2.24, 2.45) is 0 Å². The largest absolute Gasteiger partial charge is 0.314 e. The number of hydrogen-bond donors (Lipinski definition) is 0. The molecule has 0 unspecified atom stereocenters. The van der Waals surface area contributed by atoms with Gasteiger partial charge in [-0.1, -0.05) is 19.9 Å². The van der Waals surface area contributed by atoms with Gasteiger partial charge >= 0.3 is 0 Å². The highest BCUT2D eigenvalue weighted by atomic mass is 32.2. The van der Waals surface area contributed by atoms with Gasteiger partial charge in [-0.15, -0.1) is 10.2 Å². The summed E-state index contributed by atoms with van der Waals surface area (Å²) in [4.78, 5) is 0.0150. The highest BCUT2D eigenvalue weighted by molar-refractivity contribution is 7.89. The Morgan fingerprint density at radius 1 is 1.24 bits per heavy atom. The van der Waals surface area contributed by atoms with Crippen LogP contribution < -0.4 is 0 Å². The van der Waals surface area contributed by atoms with Crippen LogP contribution in [0.5, 0.6) is 0 Å². The maximum Gasteiger partial charge on any atom is 0.243 e. The number of nitrogens with zero attached hydrogens (tertiary/aromatic N) is 4. The summed E-state index contributed by atoms with van der Waals surface area (Å²) in [6.07, 6.45) is 3.09. The first-order chi connectivity index (χ1) is 11.8. The summed E-state index contributed by atoms with van der Waals surface area (Å²) in [5.41, 5.74) is 0.437. The van der Waals surface area contributed by atoms with Gasteiger partial charge in [0.05, 0.1) is 4.90 Å². The lowest BCUT2D eigenvalue weighted by atomic mass is 10.1. The summed E-state index contributed by atoms with van der Waals surface area (Å²) >= 11 is 0. The topological polar surface area (TPSA) is 68.1 Å². The van der Waals surface area contributed by atoms with Crippen molar-refractivity contribution >= 4 is 10.0 Å². The van der Waals surface area contributed by atoms with Crippen LogP contribution in [0, 0.1) is 12.7 Å². The molecule has 1 aliphatic heterocycles. The van der Waals surface area contributed by atoms with Crippen molar-refractivity contribution < 1.29 is 12.8 Å². The van der Waals surface area contributed by atoms with Crippen molar-refractivity contribution in [3.63, 3.8) is 0 Å². The van der Waals surface area contributed by atoms with Crippen LogP contribution in [-0.2, 0) is 10.0 Å². The standard InChI is InChI=1S/C17H23FN4O2S/c1-12(2)17-20-19-11-22(17)14-6-8-21(9-7-14)25(23,24)15-5-4-13(3)16(18)10-15/h4-5,10-12,14H,6-9H2,1-3H3. The number of sulfonamides is 1. The quantitative estimate of drug-likeness (QED) is 0.834. The smallest absolute Gasteiger partial charge is 0.243 e. The third-order valence-corrected chi connectivity index (χ3v) is 6.61. The van der Waals surface area contributed by atoms with Gasteiger partial charge in [0, 0.05) is 25.0 Å². The Bertz CT molecular complexity index is 855. The number of rotatable bonds is 4. The molecule has 1 aliphatic rings. The highest BCUT2D eigenvalue weighted by Crippen LogP contribution is 2.29. The molecule has 136 valence electrons. The van der Waals surface area contributed by atoms with E-state index in [1.807, 2.05) is 0 Å². The first-order valence-electron chi connectivity index (χ1n) is 8.46. The molecule has 1 aromatic carbocycles. The predicted molar refractivity (Wildman–Crippen MR) is 92.3 cm³/mol. The Labute approximate surface area is 147 Å². The lowest BCUT2D eigenvalue weighted by Gasteiger charge is -2.32. The zero-order chi connectivity index (χ0) is 18.2. The Morgan fingerprint density at radius 3 is 2.52 bits per heavy atom. The second kappa shape index (κ2) is 6.84. The molecule has 2 heterocycles. The Hall–Kier alpha value is -1.80. The zero-order valence-electron chi connectivity index (χ0n) is 14.7. The SMILES string of the molecule is Cc1ccc(S(=O)(=O)N2CCC(n3cnnc3C(C)C)CC2)cc1F. The Kier molecular flexibility index (Phi) is 4.92. The van der Waals surface area contributed by atoms with Crippen molar-refractivity contribution in [1.82, 2.24) is 19.1 Å². The van der Waals surface area contributed by atoms with Gasteiger partial charge in [0.25, 0.3) is 0 Å². The number of hydrogen-bond acceptors (Lipinski definition) is 4. The first kappa shape index (κ1) is 18.0. The van der Waals surface area contributed by atoms with E-state index in [9.17, 15) is 12.8 Å². The second-order valence-electron chi connectivity index (χ2n) is 6.80. The minimum absolute atomic E-state index is 0.0150. The lowest BCUT2D eigenvalue weighted by Crippen LogP contribution is -2.39. The molecule has 0 radical (unpaired) electrons. The molecule has 1 aromatic heterocycles. The van der Waals surface area contributed by atoms with Gasteiger partial charge in [-0.3, -0.25) is 0 Å². The van der Waals surface area contributed by atoms with Crippen molar-refractivity contribution in [1.29, 1.82) is 0 Å². The van der Waals surface area contributed by atoms with Gasteiger partial charge in [-0.05, 0) is 37.5 Å². The molecule has 0 bridgehead atoms. The fourth-order valence-corrected chi connectivity index (χ4v) is 4.67. The summed E-state index contributed by atoms with van der Waals surface area (Å²) in [5, 5.41) is 8.15. The summed E-state index contributed by atoms with van der Waals surface area (Å²) in [5.74, 6) is 0.684. The van der Waals surface area contributed by atoms with E-state index in [1.165, 1.54) is 16.4 Å². The average Bonchev–Trinajstić information content (AvgIpc) is 3.07. The molecule has 6 nitrogen and oxygen atoms in total. The van der Waals surface area contributed by atoms with E-state index in [-0.39, 0.29) is 16.9 Å². The van der Waals surface area contributed by atoms with Crippen LogP contribution in [-0.4, -0.2) is 40.6 Å². The summed E-state index contributed by atoms with van der Waals surface area (Å²) < 4.78 is 42.7. The fourth-order valence-electron chi connectivity index (χ4n) is 3.19. The van der Waals surface area contributed by atoms with Gasteiger partial charge in [-0.25, -0.2) is 12.8 Å². The molecule has 1 saturated heterocycles. The van der Waals surface area contributed by atoms with Crippen LogP contribution in [0.1, 0.15) is 50.0 Å². The summed E-state index contributed by atoms with van der Waals surface area (Å²) in [6, 6.07) is 4.26. The molecule has 3 rings (SSSR count). The van der Waals surface area contributed by atoms with Gasteiger partial charge in [0.15, 0.2) is 0 Å². The van der Waals surface area contributed by atoms with Crippen LogP contribution in [0.4, 0.5) is 4.39 Å². The molecule has 1 fully saturated rings. The lowest BCUT2D eigenvalue weighted by molar-refractivity contribution is 0.268. The molecular weight excluding hydrogens is 343 g/mol.